The van der Waals surface area contributed by atoms with Crippen molar-refractivity contribution >= 4 is 17.4 Å². The highest BCUT2D eigenvalue weighted by Gasteiger charge is 2.14. The number of pyridine rings is 1. The van der Waals surface area contributed by atoms with Crippen LogP contribution in [-0.4, -0.2) is 15.9 Å². The van der Waals surface area contributed by atoms with E-state index in [1.165, 1.54) is 0 Å². The van der Waals surface area contributed by atoms with Crippen LogP contribution in [0.3, 0.4) is 0 Å². The summed E-state index contributed by atoms with van der Waals surface area (Å²) in [5.74, 6) is 0.717. The Labute approximate surface area is 151 Å². The van der Waals surface area contributed by atoms with Gasteiger partial charge in [0, 0.05) is 41.4 Å². The molecule has 0 aliphatic heterocycles. The fourth-order valence-electron chi connectivity index (χ4n) is 2.74. The highest BCUT2D eigenvalue weighted by atomic mass is 35.5. The molecule has 4 nitrogen and oxygen atoms in total. The third-order valence-corrected chi connectivity index (χ3v) is 4.40. The number of hydrogen-bond donors (Lipinski definition) is 0. The second-order valence-corrected chi connectivity index (χ2v) is 6.58. The first-order valence-corrected chi connectivity index (χ1v) is 8.51. The minimum absolute atomic E-state index is 0.0521. The molecular weight excluding hydrogens is 336 g/mol. The largest absolute Gasteiger partial charge is 0.361 e. The van der Waals surface area contributed by atoms with Gasteiger partial charge in [-0.3, -0.25) is 9.78 Å². The molecule has 0 atom stereocenters. The van der Waals surface area contributed by atoms with Gasteiger partial charge in [-0.05, 0) is 44.5 Å². The zero-order valence-electron chi connectivity index (χ0n) is 14.5. The fraction of sp³-hybridized carbons (Fsp3) is 0.250. The zero-order chi connectivity index (χ0) is 18.0. The van der Waals surface area contributed by atoms with E-state index < -0.39 is 0 Å². The summed E-state index contributed by atoms with van der Waals surface area (Å²) in [7, 11) is 0. The number of nitrogens with zero attached hydrogens (tertiary/aromatic N) is 2. The first-order valence-electron chi connectivity index (χ1n) is 8.13. The van der Waals surface area contributed by atoms with Crippen LogP contribution in [-0.2, 0) is 6.42 Å². The standard InChI is InChI=1S/C20H19ClN2O2/c1-12-4-7-17(18(21)10-12)19-11-15(25-23-19)6-9-20(24)16-8-5-13(2)22-14(16)3/h4-5,7-8,10-11H,6,9H2,1-3H3. The van der Waals surface area contributed by atoms with Gasteiger partial charge >= 0.3 is 0 Å². The van der Waals surface area contributed by atoms with Gasteiger partial charge < -0.3 is 4.52 Å². The van der Waals surface area contributed by atoms with Gasteiger partial charge in [-0.25, -0.2) is 0 Å². The van der Waals surface area contributed by atoms with Crippen molar-refractivity contribution in [3.63, 3.8) is 0 Å². The maximum absolute atomic E-state index is 12.4. The summed E-state index contributed by atoms with van der Waals surface area (Å²) in [5, 5.41) is 4.71. The van der Waals surface area contributed by atoms with Gasteiger partial charge in [0.15, 0.2) is 5.78 Å². The van der Waals surface area contributed by atoms with Gasteiger partial charge in [0.1, 0.15) is 11.5 Å². The highest BCUT2D eigenvalue weighted by molar-refractivity contribution is 6.33. The lowest BCUT2D eigenvalue weighted by atomic mass is 10.0. The monoisotopic (exact) mass is 354 g/mol. The van der Waals surface area contributed by atoms with E-state index in [0.29, 0.717) is 34.9 Å². The SMILES string of the molecule is Cc1ccc(-c2cc(CCC(=O)c3ccc(C)nc3C)on2)c(Cl)c1. The highest BCUT2D eigenvalue weighted by Crippen LogP contribution is 2.28. The van der Waals surface area contributed by atoms with Gasteiger partial charge in [0.05, 0.1) is 5.02 Å². The summed E-state index contributed by atoms with van der Waals surface area (Å²) in [6.45, 7) is 5.75. The van der Waals surface area contributed by atoms with Crippen molar-refractivity contribution in [3.8, 4) is 11.3 Å². The third kappa shape index (κ3) is 3.97. The normalized spacial score (nSPS) is 10.9. The molecule has 1 aromatic carbocycles. The van der Waals surface area contributed by atoms with E-state index in [0.717, 1.165) is 22.5 Å². The van der Waals surface area contributed by atoms with Crippen LogP contribution in [0.4, 0.5) is 0 Å². The molecule has 0 saturated heterocycles. The Morgan fingerprint density at radius 1 is 1.12 bits per heavy atom. The molecule has 2 aromatic heterocycles. The Bertz CT molecular complexity index is 931. The summed E-state index contributed by atoms with van der Waals surface area (Å²) in [6, 6.07) is 11.3. The second-order valence-electron chi connectivity index (χ2n) is 6.17. The quantitative estimate of drug-likeness (QED) is 0.596. The summed E-state index contributed by atoms with van der Waals surface area (Å²) in [4.78, 5) is 16.7. The lowest BCUT2D eigenvalue weighted by molar-refractivity contribution is 0.0979. The maximum atomic E-state index is 12.4. The van der Waals surface area contributed by atoms with Crippen molar-refractivity contribution in [1.29, 1.82) is 0 Å². The van der Waals surface area contributed by atoms with Crippen LogP contribution in [0.5, 0.6) is 0 Å². The molecular formula is C20H19ClN2O2. The Kier molecular flexibility index (Phi) is 5.00. The van der Waals surface area contributed by atoms with Crippen molar-refractivity contribution in [2.45, 2.75) is 33.6 Å². The predicted octanol–water partition coefficient (Wildman–Crippen LogP) is 5.13. The third-order valence-electron chi connectivity index (χ3n) is 4.08. The Morgan fingerprint density at radius 2 is 1.92 bits per heavy atom. The number of ketones is 1. The fourth-order valence-corrected chi connectivity index (χ4v) is 3.07. The maximum Gasteiger partial charge on any atom is 0.165 e. The van der Waals surface area contributed by atoms with Crippen LogP contribution in [0.1, 0.15) is 39.5 Å². The van der Waals surface area contributed by atoms with Gasteiger partial charge in [0.25, 0.3) is 0 Å². The summed E-state index contributed by atoms with van der Waals surface area (Å²) >= 11 is 6.27. The van der Waals surface area contributed by atoms with Gasteiger partial charge in [-0.15, -0.1) is 0 Å². The van der Waals surface area contributed by atoms with E-state index in [-0.39, 0.29) is 5.78 Å². The van der Waals surface area contributed by atoms with Crippen LogP contribution in [0.25, 0.3) is 11.3 Å². The van der Waals surface area contributed by atoms with E-state index in [1.807, 2.05) is 57.2 Å². The van der Waals surface area contributed by atoms with E-state index in [9.17, 15) is 4.79 Å². The molecule has 0 saturated carbocycles. The van der Waals surface area contributed by atoms with Crippen LogP contribution in [0.15, 0.2) is 40.9 Å². The molecule has 3 rings (SSSR count). The average molecular weight is 355 g/mol. The van der Waals surface area contributed by atoms with Crippen LogP contribution in [0, 0.1) is 20.8 Å². The van der Waals surface area contributed by atoms with E-state index in [2.05, 4.69) is 10.1 Å². The lowest BCUT2D eigenvalue weighted by Gasteiger charge is -2.04. The molecule has 0 radical (unpaired) electrons. The first-order chi connectivity index (χ1) is 11.9. The molecule has 0 fully saturated rings. The number of carbonyl (C=O) groups excluding carboxylic acids is 1. The van der Waals surface area contributed by atoms with Gasteiger partial charge in [0.2, 0.25) is 0 Å². The topological polar surface area (TPSA) is 56.0 Å². The van der Waals surface area contributed by atoms with Crippen molar-refractivity contribution in [3.05, 3.63) is 69.7 Å². The molecule has 25 heavy (non-hydrogen) atoms. The molecule has 0 bridgehead atoms. The number of aryl methyl sites for hydroxylation is 4. The molecule has 5 heteroatoms. The smallest absolute Gasteiger partial charge is 0.165 e. The number of Topliss-reactive ketones (excluding diaryl/α,β-unsaturated/α-hetero) is 1. The van der Waals surface area contributed by atoms with Crippen LogP contribution >= 0.6 is 11.6 Å². The Morgan fingerprint density at radius 3 is 2.64 bits per heavy atom. The number of rotatable bonds is 5. The summed E-state index contributed by atoms with van der Waals surface area (Å²) in [6.07, 6.45) is 0.838. The van der Waals surface area contributed by atoms with Crippen molar-refractivity contribution in [2.75, 3.05) is 0 Å². The van der Waals surface area contributed by atoms with Crippen molar-refractivity contribution in [1.82, 2.24) is 10.1 Å². The summed E-state index contributed by atoms with van der Waals surface area (Å²) in [5.41, 5.74) is 4.92. The molecule has 2 heterocycles. The molecule has 3 aromatic rings. The molecule has 0 N–H and O–H groups in total. The number of benzene rings is 1. The minimum Gasteiger partial charge on any atom is -0.361 e. The number of carbonyl (C=O) groups is 1. The Balaban J connectivity index is 1.70. The average Bonchev–Trinajstić information content (AvgIpc) is 3.01. The number of aromatic nitrogens is 2. The molecule has 0 aliphatic rings. The number of hydrogen-bond acceptors (Lipinski definition) is 4. The van der Waals surface area contributed by atoms with Gasteiger partial charge in [-0.1, -0.05) is 28.9 Å². The van der Waals surface area contributed by atoms with Crippen molar-refractivity contribution in [2.24, 2.45) is 0 Å². The molecule has 0 amide bonds. The molecule has 0 aliphatic carbocycles. The van der Waals surface area contributed by atoms with Crippen LogP contribution in [0.2, 0.25) is 5.02 Å². The minimum atomic E-state index is 0.0521. The predicted molar refractivity (Wildman–Crippen MR) is 98.0 cm³/mol. The summed E-state index contributed by atoms with van der Waals surface area (Å²) < 4.78 is 5.36. The second kappa shape index (κ2) is 7.19. The van der Waals surface area contributed by atoms with Crippen LogP contribution < -0.4 is 0 Å². The molecule has 0 unspecified atom stereocenters. The van der Waals surface area contributed by atoms with Gasteiger partial charge in [-0.2, -0.15) is 0 Å². The first kappa shape index (κ1) is 17.4. The van der Waals surface area contributed by atoms with Crippen molar-refractivity contribution < 1.29 is 9.32 Å². The van der Waals surface area contributed by atoms with E-state index >= 15 is 0 Å². The Hall–Kier alpha value is -2.46. The molecule has 128 valence electrons. The number of halogens is 1. The van der Waals surface area contributed by atoms with E-state index in [1.54, 1.807) is 0 Å². The van der Waals surface area contributed by atoms with E-state index in [4.69, 9.17) is 16.1 Å². The lowest BCUT2D eigenvalue weighted by Crippen LogP contribution is -2.05. The zero-order valence-corrected chi connectivity index (χ0v) is 15.2. The molecule has 0 spiro atoms.